The quantitative estimate of drug-likeness (QED) is 0.354. The minimum absolute atomic E-state index is 0.141. The summed E-state index contributed by atoms with van der Waals surface area (Å²) < 4.78 is 61.2. The second-order valence-corrected chi connectivity index (χ2v) is 3.74. The second kappa shape index (κ2) is 4.60. The lowest BCUT2D eigenvalue weighted by Gasteiger charge is -2.11. The molecule has 0 aliphatic rings. The maximum absolute atomic E-state index is 12.3. The van der Waals surface area contributed by atoms with Crippen LogP contribution in [0.3, 0.4) is 0 Å². The fraction of sp³-hybridized carbons (Fsp3) is 0.250. The van der Waals surface area contributed by atoms with E-state index in [0.717, 1.165) is 0 Å². The first-order valence-corrected chi connectivity index (χ1v) is 4.86. The zero-order valence-corrected chi connectivity index (χ0v) is 9.51. The van der Waals surface area contributed by atoms with Gasteiger partial charge in [-0.2, -0.15) is 13.2 Å². The second-order valence-electron chi connectivity index (χ2n) is 2.72. The van der Waals surface area contributed by atoms with Gasteiger partial charge in [0.2, 0.25) is 0 Å². The lowest BCUT2D eigenvalue weighted by atomic mass is 10.1. The van der Waals surface area contributed by atoms with Gasteiger partial charge in [-0.05, 0) is 28.7 Å². The van der Waals surface area contributed by atoms with E-state index in [9.17, 15) is 26.7 Å². The van der Waals surface area contributed by atoms with Crippen molar-refractivity contribution in [2.75, 3.05) is 0 Å². The summed E-state index contributed by atoms with van der Waals surface area (Å²) in [6, 6.07) is 0.509. The molecule has 0 aliphatic carbocycles. The standard InChI is InChI=1S/C8H3F5INO/c9-6(10)4-1-3(2-16)5(8(11,12)13)15-7(4)14/h1-2,6H. The number of alkyl halides is 5. The summed E-state index contributed by atoms with van der Waals surface area (Å²) in [5, 5.41) is 0. The minimum Gasteiger partial charge on any atom is -0.298 e. The average molecular weight is 351 g/mol. The van der Waals surface area contributed by atoms with Crippen LogP contribution in [0, 0.1) is 3.70 Å². The van der Waals surface area contributed by atoms with Crippen molar-refractivity contribution in [1.29, 1.82) is 0 Å². The third-order valence-corrected chi connectivity index (χ3v) is 2.53. The predicted molar refractivity (Wildman–Crippen MR) is 52.3 cm³/mol. The largest absolute Gasteiger partial charge is 0.434 e. The molecular weight excluding hydrogens is 348 g/mol. The van der Waals surface area contributed by atoms with E-state index in [1.165, 1.54) is 22.6 Å². The van der Waals surface area contributed by atoms with Crippen molar-refractivity contribution in [3.05, 3.63) is 26.6 Å². The van der Waals surface area contributed by atoms with Crippen molar-refractivity contribution in [2.24, 2.45) is 0 Å². The van der Waals surface area contributed by atoms with Crippen molar-refractivity contribution >= 4 is 28.9 Å². The third-order valence-electron chi connectivity index (χ3n) is 1.66. The van der Waals surface area contributed by atoms with Crippen LogP contribution < -0.4 is 0 Å². The Kier molecular flexibility index (Phi) is 3.81. The van der Waals surface area contributed by atoms with Gasteiger partial charge >= 0.3 is 6.18 Å². The van der Waals surface area contributed by atoms with E-state index in [-0.39, 0.29) is 6.29 Å². The van der Waals surface area contributed by atoms with Crippen molar-refractivity contribution < 1.29 is 26.7 Å². The highest BCUT2D eigenvalue weighted by atomic mass is 127. The highest BCUT2D eigenvalue weighted by Gasteiger charge is 2.36. The average Bonchev–Trinajstić information content (AvgIpc) is 2.15. The molecule has 1 aromatic rings. The van der Waals surface area contributed by atoms with Gasteiger partial charge in [0.25, 0.3) is 6.43 Å². The molecular formula is C8H3F5INO. The van der Waals surface area contributed by atoms with Gasteiger partial charge in [0.05, 0.1) is 5.56 Å². The zero-order chi connectivity index (χ0) is 12.5. The number of hydrogen-bond acceptors (Lipinski definition) is 2. The SMILES string of the molecule is O=Cc1cc(C(F)F)c(I)nc1C(F)(F)F. The van der Waals surface area contributed by atoms with Crippen LogP contribution >= 0.6 is 22.6 Å². The molecule has 88 valence electrons. The number of aromatic nitrogens is 1. The van der Waals surface area contributed by atoms with E-state index in [2.05, 4.69) is 4.98 Å². The Labute approximate surface area is 100.0 Å². The molecule has 1 rings (SSSR count). The zero-order valence-electron chi connectivity index (χ0n) is 7.36. The monoisotopic (exact) mass is 351 g/mol. The van der Waals surface area contributed by atoms with Crippen LogP contribution in [0.2, 0.25) is 0 Å². The molecule has 0 aromatic carbocycles. The molecule has 0 unspecified atom stereocenters. The molecule has 16 heavy (non-hydrogen) atoms. The first kappa shape index (κ1) is 13.3. The van der Waals surface area contributed by atoms with Gasteiger partial charge in [-0.3, -0.25) is 4.79 Å². The van der Waals surface area contributed by atoms with Crippen LogP contribution in [0.4, 0.5) is 22.0 Å². The number of nitrogens with zero attached hydrogens (tertiary/aromatic N) is 1. The fourth-order valence-electron chi connectivity index (χ4n) is 0.993. The molecule has 0 amide bonds. The molecule has 1 heterocycles. The molecule has 0 N–H and O–H groups in total. The van der Waals surface area contributed by atoms with Gasteiger partial charge < -0.3 is 0 Å². The summed E-state index contributed by atoms with van der Waals surface area (Å²) in [7, 11) is 0. The van der Waals surface area contributed by atoms with Crippen LogP contribution in [0.5, 0.6) is 0 Å². The summed E-state index contributed by atoms with van der Waals surface area (Å²) >= 11 is 1.27. The van der Waals surface area contributed by atoms with E-state index >= 15 is 0 Å². The molecule has 0 atom stereocenters. The summed E-state index contributed by atoms with van der Waals surface area (Å²) in [5.74, 6) is 0. The first-order chi connectivity index (χ1) is 7.27. The van der Waals surface area contributed by atoms with E-state index in [4.69, 9.17) is 0 Å². The Morgan fingerprint density at radius 2 is 1.94 bits per heavy atom. The Morgan fingerprint density at radius 1 is 1.38 bits per heavy atom. The van der Waals surface area contributed by atoms with Gasteiger partial charge in [-0.15, -0.1) is 0 Å². The van der Waals surface area contributed by atoms with E-state index in [0.29, 0.717) is 6.07 Å². The van der Waals surface area contributed by atoms with Gasteiger partial charge in [0.15, 0.2) is 12.0 Å². The van der Waals surface area contributed by atoms with E-state index in [1.54, 1.807) is 0 Å². The minimum atomic E-state index is -4.84. The van der Waals surface area contributed by atoms with Crippen molar-refractivity contribution in [3.63, 3.8) is 0 Å². The number of carbonyl (C=O) groups excluding carboxylic acids is 1. The Hall–Kier alpha value is -0.800. The number of carbonyl (C=O) groups is 1. The van der Waals surface area contributed by atoms with Gasteiger partial charge in [-0.1, -0.05) is 0 Å². The molecule has 0 spiro atoms. The number of rotatable bonds is 2. The molecule has 1 aromatic heterocycles. The summed E-state index contributed by atoms with van der Waals surface area (Å²) in [6.07, 6.45) is -7.95. The van der Waals surface area contributed by atoms with E-state index in [1.807, 2.05) is 0 Å². The first-order valence-electron chi connectivity index (χ1n) is 3.78. The smallest absolute Gasteiger partial charge is 0.298 e. The van der Waals surface area contributed by atoms with Gasteiger partial charge in [-0.25, -0.2) is 13.8 Å². The molecule has 8 heteroatoms. The highest BCUT2D eigenvalue weighted by Crippen LogP contribution is 2.33. The normalized spacial score (nSPS) is 11.9. The predicted octanol–water partition coefficient (Wildman–Crippen LogP) is 3.46. The Balaban J connectivity index is 3.44. The number of pyridine rings is 1. The van der Waals surface area contributed by atoms with E-state index < -0.39 is 33.1 Å². The highest BCUT2D eigenvalue weighted by molar-refractivity contribution is 14.1. The molecule has 0 saturated heterocycles. The van der Waals surface area contributed by atoms with Crippen LogP contribution in [0.1, 0.15) is 28.0 Å². The molecule has 2 nitrogen and oxygen atoms in total. The van der Waals surface area contributed by atoms with Gasteiger partial charge in [0.1, 0.15) is 3.70 Å². The van der Waals surface area contributed by atoms with Crippen molar-refractivity contribution in [1.82, 2.24) is 4.98 Å². The molecule has 0 bridgehead atoms. The van der Waals surface area contributed by atoms with Gasteiger partial charge in [0, 0.05) is 5.56 Å². The lowest BCUT2D eigenvalue weighted by Crippen LogP contribution is -2.14. The van der Waals surface area contributed by atoms with Crippen LogP contribution in [-0.4, -0.2) is 11.3 Å². The maximum atomic E-state index is 12.3. The molecule has 0 fully saturated rings. The maximum Gasteiger partial charge on any atom is 0.434 e. The van der Waals surface area contributed by atoms with Crippen LogP contribution in [0.15, 0.2) is 6.07 Å². The third kappa shape index (κ3) is 2.66. The van der Waals surface area contributed by atoms with Crippen molar-refractivity contribution in [3.8, 4) is 0 Å². The van der Waals surface area contributed by atoms with Crippen LogP contribution in [-0.2, 0) is 6.18 Å². The van der Waals surface area contributed by atoms with Crippen molar-refractivity contribution in [2.45, 2.75) is 12.6 Å². The molecule has 0 saturated carbocycles. The number of aldehydes is 1. The number of hydrogen-bond donors (Lipinski definition) is 0. The number of halogens is 6. The fourth-order valence-corrected chi connectivity index (χ4v) is 1.62. The summed E-state index contributed by atoms with van der Waals surface area (Å²) in [4.78, 5) is 13.4. The summed E-state index contributed by atoms with van der Waals surface area (Å²) in [6.45, 7) is 0. The van der Waals surface area contributed by atoms with Crippen LogP contribution in [0.25, 0.3) is 0 Å². The topological polar surface area (TPSA) is 30.0 Å². The molecule has 0 radical (unpaired) electrons. The summed E-state index contributed by atoms with van der Waals surface area (Å²) in [5.41, 5.74) is -3.02. The molecule has 0 aliphatic heterocycles. The lowest BCUT2D eigenvalue weighted by molar-refractivity contribution is -0.141. The Morgan fingerprint density at radius 3 is 2.31 bits per heavy atom. The Bertz CT molecular complexity index is 418.